The normalized spacial score (nSPS) is 12.9. The Morgan fingerprint density at radius 2 is 2.07 bits per heavy atom. The molecule has 0 bridgehead atoms. The summed E-state index contributed by atoms with van der Waals surface area (Å²) in [5.74, 6) is 0. The van der Waals surface area contributed by atoms with Gasteiger partial charge in [-0.1, -0.05) is 52.1 Å². The maximum Gasteiger partial charge on any atom is 0.0452 e. The molecule has 0 aliphatic heterocycles. The molecule has 0 saturated carbocycles. The zero-order valence-corrected chi connectivity index (χ0v) is 11.2. The highest BCUT2D eigenvalue weighted by Crippen LogP contribution is 2.23. The Labute approximate surface area is 104 Å². The molecule has 0 aliphatic rings. The van der Waals surface area contributed by atoms with Crippen LogP contribution in [0.25, 0.3) is 0 Å². The monoisotopic (exact) mass is 294 g/mol. The highest BCUT2D eigenvalue weighted by Gasteiger charge is 2.02. The van der Waals surface area contributed by atoms with Gasteiger partial charge >= 0.3 is 0 Å². The van der Waals surface area contributed by atoms with Crippen molar-refractivity contribution in [3.05, 3.63) is 33.8 Å². The third kappa shape index (κ3) is 4.20. The molecule has 3 heteroatoms. The number of alkyl halides is 1. The first kappa shape index (κ1) is 12.4. The van der Waals surface area contributed by atoms with Crippen molar-refractivity contribution in [2.45, 2.75) is 31.0 Å². The SMILES string of the molecule is CC(Br)CCCc1ccc(Cl)cc1Cl. The third-order valence-corrected chi connectivity index (χ3v) is 3.11. The van der Waals surface area contributed by atoms with Crippen LogP contribution in [0.15, 0.2) is 18.2 Å². The van der Waals surface area contributed by atoms with E-state index in [1.165, 1.54) is 12.0 Å². The molecule has 0 heterocycles. The third-order valence-electron chi connectivity index (χ3n) is 2.06. The number of halogens is 3. The fourth-order valence-electron chi connectivity index (χ4n) is 1.30. The van der Waals surface area contributed by atoms with Gasteiger partial charge in [0.15, 0.2) is 0 Å². The molecule has 1 unspecified atom stereocenters. The van der Waals surface area contributed by atoms with Crippen LogP contribution in [0.3, 0.4) is 0 Å². The van der Waals surface area contributed by atoms with Crippen molar-refractivity contribution in [1.29, 1.82) is 0 Å². The van der Waals surface area contributed by atoms with E-state index >= 15 is 0 Å². The highest BCUT2D eigenvalue weighted by atomic mass is 79.9. The summed E-state index contributed by atoms with van der Waals surface area (Å²) in [6.45, 7) is 2.16. The summed E-state index contributed by atoms with van der Waals surface area (Å²) in [7, 11) is 0. The van der Waals surface area contributed by atoms with E-state index in [9.17, 15) is 0 Å². The van der Waals surface area contributed by atoms with Crippen LogP contribution in [-0.4, -0.2) is 4.83 Å². The van der Waals surface area contributed by atoms with Crippen molar-refractivity contribution in [3.8, 4) is 0 Å². The lowest BCUT2D eigenvalue weighted by atomic mass is 10.1. The van der Waals surface area contributed by atoms with Crippen molar-refractivity contribution >= 4 is 39.1 Å². The summed E-state index contributed by atoms with van der Waals surface area (Å²) in [6, 6.07) is 5.69. The van der Waals surface area contributed by atoms with Gasteiger partial charge in [-0.15, -0.1) is 0 Å². The zero-order chi connectivity index (χ0) is 10.6. The first-order valence-electron chi connectivity index (χ1n) is 4.67. The van der Waals surface area contributed by atoms with Crippen molar-refractivity contribution in [2.24, 2.45) is 0 Å². The molecule has 1 atom stereocenters. The maximum absolute atomic E-state index is 6.05. The van der Waals surface area contributed by atoms with E-state index in [-0.39, 0.29) is 0 Å². The van der Waals surface area contributed by atoms with Crippen LogP contribution in [0.2, 0.25) is 10.0 Å². The van der Waals surface area contributed by atoms with E-state index in [4.69, 9.17) is 23.2 Å². The van der Waals surface area contributed by atoms with Crippen LogP contribution in [-0.2, 0) is 6.42 Å². The minimum atomic E-state index is 0.577. The summed E-state index contributed by atoms with van der Waals surface area (Å²) in [5, 5.41) is 1.48. The molecule has 0 N–H and O–H groups in total. The van der Waals surface area contributed by atoms with E-state index in [0.29, 0.717) is 9.85 Å². The molecule has 0 aromatic heterocycles. The van der Waals surface area contributed by atoms with Gasteiger partial charge in [-0.3, -0.25) is 0 Å². The van der Waals surface area contributed by atoms with Crippen molar-refractivity contribution < 1.29 is 0 Å². The predicted octanol–water partition coefficient (Wildman–Crippen LogP) is 5.10. The molecule has 1 aromatic carbocycles. The Kier molecular flexibility index (Phi) is 5.29. The summed E-state index contributed by atoms with van der Waals surface area (Å²) >= 11 is 15.4. The molecule has 0 radical (unpaired) electrons. The second-order valence-corrected chi connectivity index (χ2v) is 5.82. The molecular weight excluding hydrogens is 283 g/mol. The number of hydrogen-bond donors (Lipinski definition) is 0. The van der Waals surface area contributed by atoms with Crippen LogP contribution < -0.4 is 0 Å². The van der Waals surface area contributed by atoms with Gasteiger partial charge in [-0.2, -0.15) is 0 Å². The second kappa shape index (κ2) is 5.99. The fourth-order valence-corrected chi connectivity index (χ4v) is 2.12. The Morgan fingerprint density at radius 3 is 2.64 bits per heavy atom. The zero-order valence-electron chi connectivity index (χ0n) is 8.06. The van der Waals surface area contributed by atoms with E-state index in [2.05, 4.69) is 22.9 Å². The lowest BCUT2D eigenvalue weighted by Crippen LogP contribution is -1.93. The lowest BCUT2D eigenvalue weighted by molar-refractivity contribution is 0.736. The Hall–Kier alpha value is 0.280. The van der Waals surface area contributed by atoms with Crippen molar-refractivity contribution in [1.82, 2.24) is 0 Å². The average Bonchev–Trinajstić information content (AvgIpc) is 2.08. The summed E-state index contributed by atoms with van der Waals surface area (Å²) in [4.78, 5) is 0.577. The average molecular weight is 296 g/mol. The molecule has 0 amide bonds. The van der Waals surface area contributed by atoms with Gasteiger partial charge in [0.05, 0.1) is 0 Å². The van der Waals surface area contributed by atoms with Gasteiger partial charge in [-0.25, -0.2) is 0 Å². The Morgan fingerprint density at radius 1 is 1.36 bits per heavy atom. The van der Waals surface area contributed by atoms with Crippen molar-refractivity contribution in [3.63, 3.8) is 0 Å². The van der Waals surface area contributed by atoms with Gasteiger partial charge in [0.1, 0.15) is 0 Å². The molecular formula is C11H13BrCl2. The van der Waals surface area contributed by atoms with Crippen LogP contribution in [0.1, 0.15) is 25.3 Å². The number of benzene rings is 1. The molecule has 1 aromatic rings. The molecule has 0 spiro atoms. The molecule has 1 rings (SSSR count). The Balaban J connectivity index is 2.51. The van der Waals surface area contributed by atoms with Crippen LogP contribution >= 0.6 is 39.1 Å². The van der Waals surface area contributed by atoms with Crippen LogP contribution in [0, 0.1) is 0 Å². The first-order chi connectivity index (χ1) is 6.59. The molecule has 14 heavy (non-hydrogen) atoms. The molecule has 78 valence electrons. The van der Waals surface area contributed by atoms with Gasteiger partial charge in [0, 0.05) is 14.9 Å². The van der Waals surface area contributed by atoms with Gasteiger partial charge in [0.2, 0.25) is 0 Å². The van der Waals surface area contributed by atoms with Crippen LogP contribution in [0.4, 0.5) is 0 Å². The summed E-state index contributed by atoms with van der Waals surface area (Å²) < 4.78 is 0. The highest BCUT2D eigenvalue weighted by molar-refractivity contribution is 9.09. The van der Waals surface area contributed by atoms with Crippen molar-refractivity contribution in [2.75, 3.05) is 0 Å². The van der Waals surface area contributed by atoms with Gasteiger partial charge in [-0.05, 0) is 37.0 Å². The number of aryl methyl sites for hydroxylation is 1. The van der Waals surface area contributed by atoms with E-state index in [1.54, 1.807) is 6.07 Å². The smallest absolute Gasteiger partial charge is 0.0452 e. The maximum atomic E-state index is 6.05. The molecule has 0 aliphatic carbocycles. The predicted molar refractivity (Wildman–Crippen MR) is 67.8 cm³/mol. The largest absolute Gasteiger partial charge is 0.0894 e. The number of hydrogen-bond acceptors (Lipinski definition) is 0. The van der Waals surface area contributed by atoms with Gasteiger partial charge in [0.25, 0.3) is 0 Å². The first-order valence-corrected chi connectivity index (χ1v) is 6.34. The standard InChI is InChI=1S/C11H13BrCl2/c1-8(12)3-2-4-9-5-6-10(13)7-11(9)14/h5-8H,2-4H2,1H3. The number of rotatable bonds is 4. The second-order valence-electron chi connectivity index (χ2n) is 3.41. The van der Waals surface area contributed by atoms with E-state index in [0.717, 1.165) is 17.9 Å². The lowest BCUT2D eigenvalue weighted by Gasteiger charge is -2.05. The molecule has 0 fully saturated rings. The van der Waals surface area contributed by atoms with E-state index in [1.807, 2.05) is 12.1 Å². The van der Waals surface area contributed by atoms with E-state index < -0.39 is 0 Å². The minimum Gasteiger partial charge on any atom is -0.0894 e. The molecule has 0 nitrogen and oxygen atoms in total. The Bertz CT molecular complexity index is 297. The fraction of sp³-hybridized carbons (Fsp3) is 0.455. The van der Waals surface area contributed by atoms with Crippen LogP contribution in [0.5, 0.6) is 0 Å². The quantitative estimate of drug-likeness (QED) is 0.678. The minimum absolute atomic E-state index is 0.577. The topological polar surface area (TPSA) is 0 Å². The van der Waals surface area contributed by atoms with Gasteiger partial charge < -0.3 is 0 Å². The summed E-state index contributed by atoms with van der Waals surface area (Å²) in [5.41, 5.74) is 1.18. The molecule has 0 saturated heterocycles. The summed E-state index contributed by atoms with van der Waals surface area (Å²) in [6.07, 6.45) is 3.33.